The lowest BCUT2D eigenvalue weighted by molar-refractivity contribution is -0.131. The van der Waals surface area contributed by atoms with Crippen molar-refractivity contribution in [2.24, 2.45) is 17.6 Å². The number of carbonyl (C=O) groups excluding carboxylic acids is 2. The molecule has 2 amide bonds. The van der Waals surface area contributed by atoms with Crippen LogP contribution in [0.4, 0.5) is 5.69 Å². The summed E-state index contributed by atoms with van der Waals surface area (Å²) in [6, 6.07) is 6.93. The molecule has 0 bridgehead atoms. The van der Waals surface area contributed by atoms with E-state index < -0.39 is 11.8 Å². The maximum absolute atomic E-state index is 12.5. The lowest BCUT2D eigenvalue weighted by atomic mass is 9.78. The molecule has 7 heteroatoms. The minimum Gasteiger partial charge on any atom is -0.369 e. The SMILES string of the molecule is NC(=O)C1CCCCC1C(=O)Nc1ccc(-n2ccncc2=O)cc1. The first-order valence-electron chi connectivity index (χ1n) is 8.29. The van der Waals surface area contributed by atoms with E-state index in [1.807, 2.05) is 0 Å². The van der Waals surface area contributed by atoms with Crippen molar-refractivity contribution in [2.45, 2.75) is 25.7 Å². The number of hydrogen-bond donors (Lipinski definition) is 2. The molecular weight excluding hydrogens is 320 g/mol. The van der Waals surface area contributed by atoms with Gasteiger partial charge in [0.2, 0.25) is 11.8 Å². The summed E-state index contributed by atoms with van der Waals surface area (Å²) in [5.74, 6) is -1.37. The number of nitrogens with two attached hydrogens (primary N) is 1. The topological polar surface area (TPSA) is 107 Å². The molecule has 1 heterocycles. The maximum Gasteiger partial charge on any atom is 0.273 e. The molecule has 0 aliphatic heterocycles. The molecule has 0 saturated heterocycles. The molecule has 130 valence electrons. The second-order valence-electron chi connectivity index (χ2n) is 6.22. The molecular formula is C18H20N4O3. The Morgan fingerprint density at radius 1 is 1.12 bits per heavy atom. The van der Waals surface area contributed by atoms with E-state index >= 15 is 0 Å². The number of benzene rings is 1. The summed E-state index contributed by atoms with van der Waals surface area (Å²) in [5.41, 5.74) is 6.49. The molecule has 1 aromatic carbocycles. The number of nitrogens with one attached hydrogen (secondary N) is 1. The van der Waals surface area contributed by atoms with E-state index in [0.29, 0.717) is 24.2 Å². The van der Waals surface area contributed by atoms with Crippen LogP contribution < -0.4 is 16.6 Å². The Balaban J connectivity index is 1.73. The van der Waals surface area contributed by atoms with Crippen LogP contribution >= 0.6 is 0 Å². The molecule has 1 fully saturated rings. The average Bonchev–Trinajstić information content (AvgIpc) is 2.63. The van der Waals surface area contributed by atoms with Crippen LogP contribution in [-0.4, -0.2) is 21.4 Å². The quantitative estimate of drug-likeness (QED) is 0.878. The molecule has 2 atom stereocenters. The van der Waals surface area contributed by atoms with Gasteiger partial charge >= 0.3 is 0 Å². The highest BCUT2D eigenvalue weighted by molar-refractivity contribution is 5.96. The van der Waals surface area contributed by atoms with E-state index in [2.05, 4.69) is 10.3 Å². The smallest absolute Gasteiger partial charge is 0.273 e. The van der Waals surface area contributed by atoms with Gasteiger partial charge in [-0.2, -0.15) is 0 Å². The second kappa shape index (κ2) is 7.29. The number of nitrogens with zero attached hydrogens (tertiary/aromatic N) is 2. The molecule has 3 N–H and O–H groups in total. The van der Waals surface area contributed by atoms with Crippen LogP contribution in [0.3, 0.4) is 0 Å². The van der Waals surface area contributed by atoms with Crippen molar-refractivity contribution < 1.29 is 9.59 Å². The fraction of sp³-hybridized carbons (Fsp3) is 0.333. The van der Waals surface area contributed by atoms with Gasteiger partial charge in [-0.05, 0) is 37.1 Å². The van der Waals surface area contributed by atoms with Gasteiger partial charge in [-0.25, -0.2) is 0 Å². The number of hydrogen-bond acceptors (Lipinski definition) is 4. The maximum atomic E-state index is 12.5. The van der Waals surface area contributed by atoms with Crippen LogP contribution in [0.5, 0.6) is 0 Å². The Labute approximate surface area is 144 Å². The predicted molar refractivity (Wildman–Crippen MR) is 93.1 cm³/mol. The first-order valence-corrected chi connectivity index (χ1v) is 8.29. The third-order valence-corrected chi connectivity index (χ3v) is 4.61. The lowest BCUT2D eigenvalue weighted by Gasteiger charge is -2.28. The molecule has 0 radical (unpaired) electrons. The van der Waals surface area contributed by atoms with E-state index in [4.69, 9.17) is 5.73 Å². The Bertz CT molecular complexity index is 829. The lowest BCUT2D eigenvalue weighted by Crippen LogP contribution is -2.39. The van der Waals surface area contributed by atoms with Crippen LogP contribution in [0.2, 0.25) is 0 Å². The van der Waals surface area contributed by atoms with Crippen LogP contribution in [0.15, 0.2) is 47.7 Å². The number of amides is 2. The second-order valence-corrected chi connectivity index (χ2v) is 6.22. The highest BCUT2D eigenvalue weighted by Crippen LogP contribution is 2.31. The van der Waals surface area contributed by atoms with Crippen molar-refractivity contribution in [3.63, 3.8) is 0 Å². The summed E-state index contributed by atoms with van der Waals surface area (Å²) in [6.07, 6.45) is 7.53. The van der Waals surface area contributed by atoms with Gasteiger partial charge in [0.15, 0.2) is 0 Å². The van der Waals surface area contributed by atoms with Crippen molar-refractivity contribution >= 4 is 17.5 Å². The van der Waals surface area contributed by atoms with Gasteiger partial charge in [0.1, 0.15) is 0 Å². The molecule has 7 nitrogen and oxygen atoms in total. The molecule has 3 rings (SSSR count). The summed E-state index contributed by atoms with van der Waals surface area (Å²) >= 11 is 0. The first kappa shape index (κ1) is 16.9. The number of carbonyl (C=O) groups is 2. The molecule has 2 aromatic rings. The number of primary amides is 1. The van der Waals surface area contributed by atoms with Crippen molar-refractivity contribution in [2.75, 3.05) is 5.32 Å². The number of rotatable bonds is 4. The Morgan fingerprint density at radius 3 is 2.44 bits per heavy atom. The predicted octanol–water partition coefficient (Wildman–Crippen LogP) is 1.46. The zero-order valence-electron chi connectivity index (χ0n) is 13.7. The fourth-order valence-electron chi connectivity index (χ4n) is 3.29. The van der Waals surface area contributed by atoms with Crippen molar-refractivity contribution in [1.29, 1.82) is 0 Å². The van der Waals surface area contributed by atoms with E-state index in [1.54, 1.807) is 30.5 Å². The van der Waals surface area contributed by atoms with E-state index in [9.17, 15) is 14.4 Å². The highest BCUT2D eigenvalue weighted by atomic mass is 16.2. The summed E-state index contributed by atoms with van der Waals surface area (Å²) in [4.78, 5) is 39.6. The normalized spacial score (nSPS) is 20.0. The minimum absolute atomic E-state index is 0.183. The first-order chi connectivity index (χ1) is 12.1. The standard InChI is InChI=1S/C18H20N4O3/c19-17(24)14-3-1-2-4-15(14)18(25)21-12-5-7-13(8-6-12)22-10-9-20-11-16(22)23/h5-11,14-15H,1-4H2,(H2,19,24)(H,21,25). The summed E-state index contributed by atoms with van der Waals surface area (Å²) < 4.78 is 1.46. The van der Waals surface area contributed by atoms with Gasteiger partial charge < -0.3 is 11.1 Å². The third kappa shape index (κ3) is 3.76. The zero-order chi connectivity index (χ0) is 17.8. The van der Waals surface area contributed by atoms with Gasteiger partial charge in [-0.3, -0.25) is 23.9 Å². The molecule has 1 saturated carbocycles. The van der Waals surface area contributed by atoms with Crippen molar-refractivity contribution in [1.82, 2.24) is 9.55 Å². The van der Waals surface area contributed by atoms with Crippen molar-refractivity contribution in [3.8, 4) is 5.69 Å². The molecule has 25 heavy (non-hydrogen) atoms. The molecule has 2 unspecified atom stereocenters. The van der Waals surface area contributed by atoms with E-state index in [0.717, 1.165) is 12.8 Å². The molecule has 1 aliphatic carbocycles. The molecule has 1 aliphatic rings. The van der Waals surface area contributed by atoms with Crippen LogP contribution in [0, 0.1) is 11.8 Å². The van der Waals surface area contributed by atoms with Crippen LogP contribution in [0.1, 0.15) is 25.7 Å². The van der Waals surface area contributed by atoms with E-state index in [1.165, 1.54) is 17.0 Å². The fourth-order valence-corrected chi connectivity index (χ4v) is 3.29. The molecule has 1 aromatic heterocycles. The summed E-state index contributed by atoms with van der Waals surface area (Å²) in [7, 11) is 0. The third-order valence-electron chi connectivity index (χ3n) is 4.61. The minimum atomic E-state index is -0.410. The monoisotopic (exact) mass is 340 g/mol. The van der Waals surface area contributed by atoms with Gasteiger partial charge in [0.25, 0.3) is 5.56 Å². The Hall–Kier alpha value is -2.96. The van der Waals surface area contributed by atoms with Crippen LogP contribution in [0.25, 0.3) is 5.69 Å². The van der Waals surface area contributed by atoms with Gasteiger partial charge in [-0.15, -0.1) is 0 Å². The van der Waals surface area contributed by atoms with Crippen molar-refractivity contribution in [3.05, 3.63) is 53.2 Å². The van der Waals surface area contributed by atoms with Gasteiger partial charge in [0, 0.05) is 35.6 Å². The Kier molecular flexibility index (Phi) is 4.92. The summed E-state index contributed by atoms with van der Waals surface area (Å²) in [5, 5.41) is 2.84. The largest absolute Gasteiger partial charge is 0.369 e. The van der Waals surface area contributed by atoms with E-state index in [-0.39, 0.29) is 17.4 Å². The van der Waals surface area contributed by atoms with Gasteiger partial charge in [-0.1, -0.05) is 12.8 Å². The number of aromatic nitrogens is 2. The number of anilines is 1. The van der Waals surface area contributed by atoms with Gasteiger partial charge in [0.05, 0.1) is 6.20 Å². The molecule has 0 spiro atoms. The average molecular weight is 340 g/mol. The zero-order valence-corrected chi connectivity index (χ0v) is 13.7. The summed E-state index contributed by atoms with van der Waals surface area (Å²) in [6.45, 7) is 0. The highest BCUT2D eigenvalue weighted by Gasteiger charge is 2.34. The Morgan fingerprint density at radius 2 is 1.80 bits per heavy atom. The van der Waals surface area contributed by atoms with Crippen LogP contribution in [-0.2, 0) is 9.59 Å².